The fourth-order valence-corrected chi connectivity index (χ4v) is 3.26. The lowest BCUT2D eigenvalue weighted by molar-refractivity contribution is -0.137. The summed E-state index contributed by atoms with van der Waals surface area (Å²) in [6.07, 6.45) is 2.15. The zero-order valence-electron chi connectivity index (χ0n) is 13.7. The van der Waals surface area contributed by atoms with Gasteiger partial charge in [-0.1, -0.05) is 32.0 Å². The molecule has 1 aliphatic heterocycles. The zero-order chi connectivity index (χ0) is 16.6. The lowest BCUT2D eigenvalue weighted by atomic mass is 9.99. The summed E-state index contributed by atoms with van der Waals surface area (Å²) in [5.74, 6) is -0.948. The lowest BCUT2D eigenvalue weighted by Crippen LogP contribution is -2.44. The maximum atomic E-state index is 12.5. The molecule has 3 rings (SSSR count). The van der Waals surface area contributed by atoms with E-state index in [4.69, 9.17) is 0 Å². The molecule has 1 spiro atoms. The molecule has 1 atom stereocenters. The Morgan fingerprint density at radius 1 is 1.30 bits per heavy atom. The van der Waals surface area contributed by atoms with E-state index < -0.39 is 17.9 Å². The minimum Gasteiger partial charge on any atom is -0.393 e. The Labute approximate surface area is 136 Å². The van der Waals surface area contributed by atoms with Crippen molar-refractivity contribution in [3.8, 4) is 0 Å². The van der Waals surface area contributed by atoms with E-state index in [2.05, 4.69) is 11.4 Å². The molecule has 0 radical (unpaired) electrons. The van der Waals surface area contributed by atoms with Crippen LogP contribution in [0.1, 0.15) is 38.7 Å². The van der Waals surface area contributed by atoms with Crippen molar-refractivity contribution in [2.24, 2.45) is 5.92 Å². The third-order valence-corrected chi connectivity index (χ3v) is 5.02. The van der Waals surface area contributed by atoms with E-state index in [1.54, 1.807) is 4.90 Å². The molecule has 1 heterocycles. The van der Waals surface area contributed by atoms with E-state index in [0.717, 1.165) is 18.5 Å². The smallest absolute Gasteiger partial charge is 0.316 e. The molecule has 23 heavy (non-hydrogen) atoms. The number of aliphatic hydroxyl groups is 1. The summed E-state index contributed by atoms with van der Waals surface area (Å²) < 4.78 is 0. The van der Waals surface area contributed by atoms with Gasteiger partial charge in [0.2, 0.25) is 0 Å². The third-order valence-electron chi connectivity index (χ3n) is 5.02. The number of hydrogen-bond donors (Lipinski definition) is 2. The van der Waals surface area contributed by atoms with E-state index in [1.165, 1.54) is 5.56 Å². The Balaban J connectivity index is 1.62. The molecule has 1 aliphatic carbocycles. The van der Waals surface area contributed by atoms with Gasteiger partial charge in [0.15, 0.2) is 0 Å². The number of benzene rings is 1. The highest BCUT2D eigenvalue weighted by molar-refractivity contribution is 6.40. The predicted octanol–water partition coefficient (Wildman–Crippen LogP) is 1.59. The van der Waals surface area contributed by atoms with E-state index in [9.17, 15) is 14.7 Å². The molecule has 1 saturated carbocycles. The van der Waals surface area contributed by atoms with Crippen LogP contribution in [0.3, 0.4) is 0 Å². The molecule has 0 bridgehead atoms. The molecule has 1 aromatic carbocycles. The first kappa shape index (κ1) is 16.0. The second-order valence-electron chi connectivity index (χ2n) is 7.04. The number of aliphatic hydroxyl groups excluding tert-OH is 1. The van der Waals surface area contributed by atoms with Crippen LogP contribution in [0.4, 0.5) is 5.69 Å². The van der Waals surface area contributed by atoms with Gasteiger partial charge < -0.3 is 15.3 Å². The van der Waals surface area contributed by atoms with E-state index in [0.29, 0.717) is 19.5 Å². The van der Waals surface area contributed by atoms with Crippen molar-refractivity contribution >= 4 is 17.5 Å². The molecule has 1 fully saturated rings. The molecular weight excluding hydrogens is 292 g/mol. The monoisotopic (exact) mass is 316 g/mol. The fraction of sp³-hybridized carbons (Fsp3) is 0.556. The van der Waals surface area contributed by atoms with Gasteiger partial charge in [0.05, 0.1) is 6.10 Å². The Morgan fingerprint density at radius 2 is 2.00 bits per heavy atom. The first-order valence-corrected chi connectivity index (χ1v) is 8.32. The molecule has 5 heteroatoms. The van der Waals surface area contributed by atoms with Crippen molar-refractivity contribution < 1.29 is 14.7 Å². The minimum absolute atomic E-state index is 0.0837. The maximum Gasteiger partial charge on any atom is 0.316 e. The van der Waals surface area contributed by atoms with Crippen LogP contribution in [0.15, 0.2) is 24.3 Å². The first-order valence-electron chi connectivity index (χ1n) is 8.32. The van der Waals surface area contributed by atoms with Gasteiger partial charge in [-0.2, -0.15) is 0 Å². The van der Waals surface area contributed by atoms with Crippen molar-refractivity contribution in [3.05, 3.63) is 29.8 Å². The summed E-state index contributed by atoms with van der Waals surface area (Å²) in [6, 6.07) is 7.86. The maximum absolute atomic E-state index is 12.5. The largest absolute Gasteiger partial charge is 0.393 e. The van der Waals surface area contributed by atoms with Gasteiger partial charge in [-0.25, -0.2) is 0 Å². The molecule has 1 aromatic rings. The number of carbonyl (C=O) groups is 2. The minimum atomic E-state index is -0.589. The van der Waals surface area contributed by atoms with Crippen LogP contribution in [-0.4, -0.2) is 36.1 Å². The highest BCUT2D eigenvalue weighted by Gasteiger charge is 2.53. The topological polar surface area (TPSA) is 69.6 Å². The van der Waals surface area contributed by atoms with Crippen LogP contribution in [0, 0.1) is 5.92 Å². The van der Waals surface area contributed by atoms with Gasteiger partial charge >= 0.3 is 11.8 Å². The van der Waals surface area contributed by atoms with Gasteiger partial charge in [-0.3, -0.25) is 9.59 Å². The van der Waals surface area contributed by atoms with Crippen molar-refractivity contribution in [1.82, 2.24) is 5.32 Å². The standard InChI is InChI=1S/C18H24N2O3/c1-12(2)15(21)7-10-19-16(22)17(23)20-11-18(8-9-18)13-5-3-4-6-14(13)20/h3-6,12,15,21H,7-11H2,1-2H3,(H,19,22). The number of nitrogens with one attached hydrogen (secondary N) is 1. The average Bonchev–Trinajstić information content (AvgIpc) is 3.24. The van der Waals surface area contributed by atoms with E-state index in [-0.39, 0.29) is 11.3 Å². The highest BCUT2D eigenvalue weighted by atomic mass is 16.3. The Bertz CT molecular complexity index is 622. The quantitative estimate of drug-likeness (QED) is 0.829. The summed E-state index contributed by atoms with van der Waals surface area (Å²) >= 11 is 0. The Kier molecular flexibility index (Phi) is 4.15. The number of hydrogen-bond acceptors (Lipinski definition) is 3. The summed E-state index contributed by atoms with van der Waals surface area (Å²) in [7, 11) is 0. The average molecular weight is 316 g/mol. The van der Waals surface area contributed by atoms with Crippen LogP contribution in [0.5, 0.6) is 0 Å². The summed E-state index contributed by atoms with van der Waals surface area (Å²) in [4.78, 5) is 26.2. The molecule has 0 aromatic heterocycles. The van der Waals surface area contributed by atoms with Crippen molar-refractivity contribution in [2.45, 2.75) is 44.6 Å². The number of carbonyl (C=O) groups excluding carboxylic acids is 2. The summed E-state index contributed by atoms with van der Waals surface area (Å²) in [5, 5.41) is 12.4. The Morgan fingerprint density at radius 3 is 2.65 bits per heavy atom. The van der Waals surface area contributed by atoms with Crippen LogP contribution < -0.4 is 10.2 Å². The second kappa shape index (κ2) is 5.96. The van der Waals surface area contributed by atoms with Gasteiger partial charge in [0.25, 0.3) is 0 Å². The number of para-hydroxylation sites is 1. The van der Waals surface area contributed by atoms with Crippen molar-refractivity contribution in [3.63, 3.8) is 0 Å². The molecule has 1 unspecified atom stereocenters. The molecule has 124 valence electrons. The number of rotatable bonds is 4. The number of amides is 2. The number of nitrogens with zero attached hydrogens (tertiary/aromatic N) is 1. The van der Waals surface area contributed by atoms with Crippen LogP contribution in [0.25, 0.3) is 0 Å². The molecule has 2 amide bonds. The highest BCUT2D eigenvalue weighted by Crippen LogP contribution is 2.56. The summed E-state index contributed by atoms with van der Waals surface area (Å²) in [5.41, 5.74) is 2.14. The van der Waals surface area contributed by atoms with Crippen LogP contribution >= 0.6 is 0 Å². The second-order valence-corrected chi connectivity index (χ2v) is 7.04. The van der Waals surface area contributed by atoms with Crippen molar-refractivity contribution in [1.29, 1.82) is 0 Å². The normalized spacial score (nSPS) is 18.9. The molecule has 2 aliphatic rings. The predicted molar refractivity (Wildman–Crippen MR) is 88.2 cm³/mol. The summed E-state index contributed by atoms with van der Waals surface area (Å²) in [6.45, 7) is 4.76. The van der Waals surface area contributed by atoms with Crippen LogP contribution in [0.2, 0.25) is 0 Å². The molecule has 2 N–H and O–H groups in total. The van der Waals surface area contributed by atoms with Gasteiger partial charge in [0.1, 0.15) is 0 Å². The SMILES string of the molecule is CC(C)C(O)CCNC(=O)C(=O)N1CC2(CC2)c2ccccc21. The van der Waals surface area contributed by atoms with Gasteiger partial charge in [0, 0.05) is 24.2 Å². The molecular formula is C18H24N2O3. The van der Waals surface area contributed by atoms with E-state index >= 15 is 0 Å². The number of fused-ring (bicyclic) bond motifs is 2. The molecule has 5 nitrogen and oxygen atoms in total. The molecule has 0 saturated heterocycles. The number of anilines is 1. The zero-order valence-corrected chi connectivity index (χ0v) is 13.7. The fourth-order valence-electron chi connectivity index (χ4n) is 3.26. The lowest BCUT2D eigenvalue weighted by Gasteiger charge is -2.18. The van der Waals surface area contributed by atoms with Gasteiger partial charge in [-0.15, -0.1) is 0 Å². The van der Waals surface area contributed by atoms with Gasteiger partial charge in [-0.05, 0) is 36.8 Å². The van der Waals surface area contributed by atoms with Crippen molar-refractivity contribution in [2.75, 3.05) is 18.0 Å². The van der Waals surface area contributed by atoms with Crippen LogP contribution in [-0.2, 0) is 15.0 Å². The Hall–Kier alpha value is -1.88. The first-order chi connectivity index (χ1) is 10.9. The third kappa shape index (κ3) is 2.98. The van der Waals surface area contributed by atoms with E-state index in [1.807, 2.05) is 32.0 Å².